The molecule has 3 N–H and O–H groups in total. The van der Waals surface area contributed by atoms with E-state index in [1.54, 1.807) is 25.3 Å². The van der Waals surface area contributed by atoms with Crippen molar-refractivity contribution < 1.29 is 14.3 Å². The fraction of sp³-hybridized carbons (Fsp3) is 0.500. The summed E-state index contributed by atoms with van der Waals surface area (Å²) in [7, 11) is 3.10. The summed E-state index contributed by atoms with van der Waals surface area (Å²) in [6.45, 7) is 0.490. The van der Waals surface area contributed by atoms with Crippen molar-refractivity contribution >= 4 is 18.3 Å². The number of rotatable bonds is 6. The fourth-order valence-corrected chi connectivity index (χ4v) is 1.99. The highest BCUT2D eigenvalue weighted by Gasteiger charge is 2.28. The Bertz CT molecular complexity index is 464. The molecule has 20 heavy (non-hydrogen) atoms. The molecule has 1 aromatic carbocycles. The highest BCUT2D eigenvalue weighted by atomic mass is 35.5. The standard InChI is InChI=1S/C14H20N2O3.ClH/c1-18-10-5-6-13(19-2)11(7-10)14(17)16-8-12(15)9-3-4-9;/h5-7,9,12H,3-4,8,15H2,1-2H3,(H,16,17);1H. The van der Waals surface area contributed by atoms with Gasteiger partial charge in [0.05, 0.1) is 19.8 Å². The Labute approximate surface area is 125 Å². The predicted molar refractivity (Wildman–Crippen MR) is 79.8 cm³/mol. The van der Waals surface area contributed by atoms with Gasteiger partial charge in [-0.3, -0.25) is 4.79 Å². The second kappa shape index (κ2) is 7.36. The molecule has 0 saturated heterocycles. The maximum absolute atomic E-state index is 12.1. The van der Waals surface area contributed by atoms with Crippen molar-refractivity contribution in [2.24, 2.45) is 11.7 Å². The number of hydrogen-bond donors (Lipinski definition) is 2. The zero-order valence-corrected chi connectivity index (χ0v) is 12.5. The SMILES string of the molecule is COc1ccc(OC)c(C(=O)NCC(N)C2CC2)c1.Cl. The van der Waals surface area contributed by atoms with E-state index in [0.29, 0.717) is 29.5 Å². The Hall–Kier alpha value is -1.46. The summed E-state index contributed by atoms with van der Waals surface area (Å²) in [5.41, 5.74) is 6.42. The van der Waals surface area contributed by atoms with E-state index in [1.165, 1.54) is 20.0 Å². The number of carbonyl (C=O) groups is 1. The average Bonchev–Trinajstić information content (AvgIpc) is 3.28. The molecule has 1 aliphatic rings. The Morgan fingerprint density at radius 3 is 2.65 bits per heavy atom. The summed E-state index contributed by atoms with van der Waals surface area (Å²) >= 11 is 0. The number of carbonyl (C=O) groups excluding carboxylic acids is 1. The van der Waals surface area contributed by atoms with E-state index in [1.807, 2.05) is 0 Å². The van der Waals surface area contributed by atoms with Crippen molar-refractivity contribution in [1.82, 2.24) is 5.32 Å². The van der Waals surface area contributed by atoms with Crippen LogP contribution in [0, 0.1) is 5.92 Å². The third-order valence-electron chi connectivity index (χ3n) is 3.38. The summed E-state index contributed by atoms with van der Waals surface area (Å²) in [6, 6.07) is 5.18. The number of nitrogens with two attached hydrogens (primary N) is 1. The Morgan fingerprint density at radius 2 is 2.10 bits per heavy atom. The van der Waals surface area contributed by atoms with Gasteiger partial charge in [-0.1, -0.05) is 0 Å². The third kappa shape index (κ3) is 4.02. The molecule has 1 atom stereocenters. The first-order valence-corrected chi connectivity index (χ1v) is 6.41. The monoisotopic (exact) mass is 300 g/mol. The van der Waals surface area contributed by atoms with E-state index in [2.05, 4.69) is 5.32 Å². The molecule has 6 heteroatoms. The summed E-state index contributed by atoms with van der Waals surface area (Å²) in [4.78, 5) is 12.1. The van der Waals surface area contributed by atoms with Gasteiger partial charge in [0.1, 0.15) is 11.5 Å². The zero-order chi connectivity index (χ0) is 13.8. The van der Waals surface area contributed by atoms with Gasteiger partial charge in [-0.15, -0.1) is 12.4 Å². The number of amides is 1. The van der Waals surface area contributed by atoms with Crippen molar-refractivity contribution in [3.8, 4) is 11.5 Å². The molecule has 1 aliphatic carbocycles. The maximum atomic E-state index is 12.1. The second-order valence-corrected chi connectivity index (χ2v) is 4.78. The highest BCUT2D eigenvalue weighted by molar-refractivity contribution is 5.97. The van der Waals surface area contributed by atoms with E-state index < -0.39 is 0 Å². The minimum absolute atomic E-state index is 0. The van der Waals surface area contributed by atoms with Gasteiger partial charge in [0.2, 0.25) is 0 Å². The summed E-state index contributed by atoms with van der Waals surface area (Å²) < 4.78 is 10.3. The van der Waals surface area contributed by atoms with Crippen LogP contribution in [0.5, 0.6) is 11.5 Å². The lowest BCUT2D eigenvalue weighted by Crippen LogP contribution is -2.38. The molecule has 0 aromatic heterocycles. The molecule has 0 bridgehead atoms. The molecule has 1 unspecified atom stereocenters. The van der Waals surface area contributed by atoms with Gasteiger partial charge in [-0.2, -0.15) is 0 Å². The Morgan fingerprint density at radius 1 is 1.40 bits per heavy atom. The van der Waals surface area contributed by atoms with Crippen molar-refractivity contribution in [2.75, 3.05) is 20.8 Å². The molecule has 1 saturated carbocycles. The van der Waals surface area contributed by atoms with E-state index in [9.17, 15) is 4.79 Å². The first-order chi connectivity index (χ1) is 9.15. The van der Waals surface area contributed by atoms with Gasteiger partial charge in [-0.05, 0) is 37.0 Å². The number of nitrogens with one attached hydrogen (secondary N) is 1. The smallest absolute Gasteiger partial charge is 0.255 e. The third-order valence-corrected chi connectivity index (χ3v) is 3.38. The quantitative estimate of drug-likeness (QED) is 0.837. The summed E-state index contributed by atoms with van der Waals surface area (Å²) in [5.74, 6) is 1.52. The molecule has 1 fully saturated rings. The lowest BCUT2D eigenvalue weighted by Gasteiger charge is -2.14. The predicted octanol–water partition coefficient (Wildman–Crippen LogP) is 1.59. The Kier molecular flexibility index (Phi) is 6.10. The fourth-order valence-electron chi connectivity index (χ4n) is 1.99. The maximum Gasteiger partial charge on any atom is 0.255 e. The van der Waals surface area contributed by atoms with Gasteiger partial charge in [0, 0.05) is 12.6 Å². The molecule has 1 aromatic rings. The van der Waals surface area contributed by atoms with Gasteiger partial charge < -0.3 is 20.5 Å². The van der Waals surface area contributed by atoms with Crippen LogP contribution in [-0.2, 0) is 0 Å². The highest BCUT2D eigenvalue weighted by Crippen LogP contribution is 2.31. The van der Waals surface area contributed by atoms with Gasteiger partial charge in [0.25, 0.3) is 5.91 Å². The molecule has 0 radical (unpaired) electrons. The first-order valence-electron chi connectivity index (χ1n) is 6.41. The van der Waals surface area contributed by atoms with E-state index in [4.69, 9.17) is 15.2 Å². The van der Waals surface area contributed by atoms with Crippen molar-refractivity contribution in [3.63, 3.8) is 0 Å². The summed E-state index contributed by atoms with van der Waals surface area (Å²) in [5, 5.41) is 2.85. The van der Waals surface area contributed by atoms with Crippen LogP contribution in [0.15, 0.2) is 18.2 Å². The van der Waals surface area contributed by atoms with Crippen LogP contribution in [0.1, 0.15) is 23.2 Å². The van der Waals surface area contributed by atoms with Crippen LogP contribution in [0.3, 0.4) is 0 Å². The molecule has 2 rings (SSSR count). The molecule has 0 aliphatic heterocycles. The van der Waals surface area contributed by atoms with E-state index in [0.717, 1.165) is 0 Å². The Balaban J connectivity index is 0.00000200. The molecule has 0 spiro atoms. The van der Waals surface area contributed by atoms with Gasteiger partial charge in [0.15, 0.2) is 0 Å². The molecule has 5 nitrogen and oxygen atoms in total. The lowest BCUT2D eigenvalue weighted by molar-refractivity contribution is 0.0947. The van der Waals surface area contributed by atoms with Crippen LogP contribution in [0.4, 0.5) is 0 Å². The lowest BCUT2D eigenvalue weighted by atomic mass is 10.1. The molecular weight excluding hydrogens is 280 g/mol. The number of benzene rings is 1. The first kappa shape index (κ1) is 16.6. The molecule has 1 amide bonds. The number of ether oxygens (including phenoxy) is 2. The second-order valence-electron chi connectivity index (χ2n) is 4.78. The van der Waals surface area contributed by atoms with Crippen molar-refractivity contribution in [1.29, 1.82) is 0 Å². The van der Waals surface area contributed by atoms with Crippen LogP contribution in [0.2, 0.25) is 0 Å². The topological polar surface area (TPSA) is 73.6 Å². The average molecular weight is 301 g/mol. The normalized spacial score (nSPS) is 14.9. The molecule has 112 valence electrons. The van der Waals surface area contributed by atoms with Crippen molar-refractivity contribution in [3.05, 3.63) is 23.8 Å². The van der Waals surface area contributed by atoms with Crippen LogP contribution in [-0.4, -0.2) is 32.7 Å². The van der Waals surface area contributed by atoms with Crippen LogP contribution in [0.25, 0.3) is 0 Å². The minimum atomic E-state index is -0.188. The van der Waals surface area contributed by atoms with Gasteiger partial charge >= 0.3 is 0 Å². The number of methoxy groups -OCH3 is 2. The van der Waals surface area contributed by atoms with Crippen molar-refractivity contribution in [2.45, 2.75) is 18.9 Å². The number of halogens is 1. The largest absolute Gasteiger partial charge is 0.497 e. The van der Waals surface area contributed by atoms with Crippen LogP contribution >= 0.6 is 12.4 Å². The zero-order valence-electron chi connectivity index (χ0n) is 11.7. The summed E-state index contributed by atoms with van der Waals surface area (Å²) in [6.07, 6.45) is 2.33. The minimum Gasteiger partial charge on any atom is -0.497 e. The van der Waals surface area contributed by atoms with Gasteiger partial charge in [-0.25, -0.2) is 0 Å². The van der Waals surface area contributed by atoms with E-state index >= 15 is 0 Å². The van der Waals surface area contributed by atoms with Crippen LogP contribution < -0.4 is 20.5 Å². The molecular formula is C14H21ClN2O3. The van der Waals surface area contributed by atoms with E-state index in [-0.39, 0.29) is 24.4 Å². The molecule has 0 heterocycles. The number of hydrogen-bond acceptors (Lipinski definition) is 4.